The molecule has 0 aliphatic rings. The van der Waals surface area contributed by atoms with Crippen LogP contribution in [0.25, 0.3) is 0 Å². The van der Waals surface area contributed by atoms with E-state index in [0.29, 0.717) is 26.4 Å². The maximum Gasteiger partial charge on any atom is 0.506 e. The van der Waals surface area contributed by atoms with E-state index in [0.717, 1.165) is 6.42 Å². The second-order valence-corrected chi connectivity index (χ2v) is 7.41. The van der Waals surface area contributed by atoms with Crippen molar-refractivity contribution in [2.24, 2.45) is 0 Å². The van der Waals surface area contributed by atoms with E-state index < -0.39 is 8.80 Å². The summed E-state index contributed by atoms with van der Waals surface area (Å²) in [5.41, 5.74) is 0.159. The lowest BCUT2D eigenvalue weighted by Crippen LogP contribution is -2.51. The topological polar surface area (TPSA) is 36.9 Å². The third-order valence-corrected chi connectivity index (χ3v) is 6.29. The van der Waals surface area contributed by atoms with E-state index >= 15 is 0 Å². The molecule has 0 rings (SSSR count). The first-order valence-electron chi connectivity index (χ1n) is 7.09. The van der Waals surface area contributed by atoms with Crippen molar-refractivity contribution >= 4 is 8.80 Å². The van der Waals surface area contributed by atoms with Crippen molar-refractivity contribution in [3.63, 3.8) is 0 Å². The third kappa shape index (κ3) is 5.80. The third-order valence-electron chi connectivity index (χ3n) is 2.85. The number of rotatable bonds is 11. The molecule has 0 spiro atoms. The lowest BCUT2D eigenvalue weighted by Gasteiger charge is -2.33. The van der Waals surface area contributed by atoms with Crippen molar-refractivity contribution in [3.8, 4) is 0 Å². The van der Waals surface area contributed by atoms with Gasteiger partial charge in [-0.1, -0.05) is 13.8 Å². The normalized spacial score (nSPS) is 15.7. The van der Waals surface area contributed by atoms with Gasteiger partial charge < -0.3 is 18.0 Å². The first-order chi connectivity index (χ1) is 8.56. The SMILES string of the molecule is CCO[Si](OCC)(OCC)C(C)COC(C)CC. The van der Waals surface area contributed by atoms with Crippen LogP contribution in [0.4, 0.5) is 0 Å². The molecule has 0 aliphatic heterocycles. The van der Waals surface area contributed by atoms with Gasteiger partial charge >= 0.3 is 8.80 Å². The summed E-state index contributed by atoms with van der Waals surface area (Å²) in [5.74, 6) is 0. The lowest BCUT2D eigenvalue weighted by molar-refractivity contribution is 0.0233. The number of ether oxygens (including phenoxy) is 1. The van der Waals surface area contributed by atoms with Gasteiger partial charge in [0, 0.05) is 25.4 Å². The molecule has 2 atom stereocenters. The molecule has 0 radical (unpaired) electrons. The predicted molar refractivity (Wildman–Crippen MR) is 75.8 cm³/mol. The molecule has 5 heteroatoms. The number of hydrogen-bond acceptors (Lipinski definition) is 4. The van der Waals surface area contributed by atoms with Gasteiger partial charge in [0.25, 0.3) is 0 Å². The van der Waals surface area contributed by atoms with E-state index in [2.05, 4.69) is 20.8 Å². The van der Waals surface area contributed by atoms with Crippen molar-refractivity contribution in [2.75, 3.05) is 26.4 Å². The van der Waals surface area contributed by atoms with Gasteiger partial charge in [0.15, 0.2) is 0 Å². The Morgan fingerprint density at radius 3 is 1.61 bits per heavy atom. The maximum absolute atomic E-state index is 5.85. The molecule has 0 fully saturated rings. The molecule has 0 heterocycles. The van der Waals surface area contributed by atoms with Crippen LogP contribution in [-0.4, -0.2) is 41.3 Å². The minimum absolute atomic E-state index is 0.159. The largest absolute Gasteiger partial charge is 0.506 e. The quantitative estimate of drug-likeness (QED) is 0.544. The summed E-state index contributed by atoms with van der Waals surface area (Å²) in [6, 6.07) is 0. The molecule has 0 aromatic carbocycles. The van der Waals surface area contributed by atoms with Crippen molar-refractivity contribution in [1.82, 2.24) is 0 Å². The molecule has 0 saturated carbocycles. The summed E-state index contributed by atoms with van der Waals surface area (Å²) in [5, 5.41) is 0. The minimum Gasteiger partial charge on any atom is -0.378 e. The molecule has 110 valence electrons. The summed E-state index contributed by atoms with van der Waals surface area (Å²) in [6.07, 6.45) is 1.28. The molecule has 0 aromatic heterocycles. The Bertz CT molecular complexity index is 184. The molecule has 0 aliphatic carbocycles. The Kier molecular flexibility index (Phi) is 9.95. The van der Waals surface area contributed by atoms with Gasteiger partial charge in [-0.3, -0.25) is 0 Å². The second kappa shape index (κ2) is 9.92. The first-order valence-corrected chi connectivity index (χ1v) is 8.89. The monoisotopic (exact) mass is 278 g/mol. The summed E-state index contributed by atoms with van der Waals surface area (Å²) in [4.78, 5) is 0. The van der Waals surface area contributed by atoms with Crippen LogP contribution in [-0.2, 0) is 18.0 Å². The van der Waals surface area contributed by atoms with Crippen LogP contribution < -0.4 is 0 Å². The van der Waals surface area contributed by atoms with Crippen LogP contribution in [0.5, 0.6) is 0 Å². The van der Waals surface area contributed by atoms with Crippen LogP contribution >= 0.6 is 0 Å². The molecular weight excluding hydrogens is 248 g/mol. The zero-order valence-corrected chi connectivity index (χ0v) is 13.8. The van der Waals surface area contributed by atoms with Gasteiger partial charge in [-0.2, -0.15) is 0 Å². The van der Waals surface area contributed by atoms with Gasteiger partial charge in [0.2, 0.25) is 0 Å². The van der Waals surface area contributed by atoms with Crippen LogP contribution in [0.3, 0.4) is 0 Å². The maximum atomic E-state index is 5.85. The van der Waals surface area contributed by atoms with Gasteiger partial charge in [-0.25, -0.2) is 0 Å². The van der Waals surface area contributed by atoms with Gasteiger partial charge in [0.1, 0.15) is 0 Å². The first kappa shape index (κ1) is 18.1. The minimum atomic E-state index is -2.60. The average Bonchev–Trinajstić information content (AvgIpc) is 2.36. The van der Waals surface area contributed by atoms with Crippen molar-refractivity contribution in [3.05, 3.63) is 0 Å². The Hall–Kier alpha value is 0.0569. The van der Waals surface area contributed by atoms with Crippen molar-refractivity contribution in [2.45, 2.75) is 59.6 Å². The highest BCUT2D eigenvalue weighted by atomic mass is 28.4. The van der Waals surface area contributed by atoms with Crippen molar-refractivity contribution < 1.29 is 18.0 Å². The molecule has 0 saturated heterocycles. The smallest absolute Gasteiger partial charge is 0.378 e. The van der Waals surface area contributed by atoms with E-state index in [1.165, 1.54) is 0 Å². The second-order valence-electron chi connectivity index (χ2n) is 4.36. The van der Waals surface area contributed by atoms with Gasteiger partial charge in [-0.15, -0.1) is 0 Å². The van der Waals surface area contributed by atoms with E-state index in [9.17, 15) is 0 Å². The summed E-state index contributed by atoms with van der Waals surface area (Å²) in [6.45, 7) is 14.7. The standard InChI is InChI=1S/C13H30O4Si/c1-7-12(5)14-11-13(6)18(15-8-2,16-9-3)17-10-4/h12-13H,7-11H2,1-6H3. The Morgan fingerprint density at radius 1 is 0.833 bits per heavy atom. The molecular formula is C13H30O4Si. The summed E-state index contributed by atoms with van der Waals surface area (Å²) < 4.78 is 23.4. The van der Waals surface area contributed by atoms with Crippen LogP contribution in [0.2, 0.25) is 5.54 Å². The summed E-state index contributed by atoms with van der Waals surface area (Å²) in [7, 11) is -2.60. The Labute approximate surface area is 113 Å². The molecule has 0 N–H and O–H groups in total. The van der Waals surface area contributed by atoms with E-state index in [1.54, 1.807) is 0 Å². The number of hydrogen-bond donors (Lipinski definition) is 0. The Morgan fingerprint density at radius 2 is 1.28 bits per heavy atom. The molecule has 4 nitrogen and oxygen atoms in total. The molecule has 0 amide bonds. The Balaban J connectivity index is 4.58. The van der Waals surface area contributed by atoms with E-state index in [4.69, 9.17) is 18.0 Å². The zero-order valence-electron chi connectivity index (χ0n) is 12.8. The highest BCUT2D eigenvalue weighted by molar-refractivity contribution is 6.62. The molecule has 2 unspecified atom stereocenters. The van der Waals surface area contributed by atoms with Crippen LogP contribution in [0.15, 0.2) is 0 Å². The molecule has 18 heavy (non-hydrogen) atoms. The highest BCUT2D eigenvalue weighted by Crippen LogP contribution is 2.26. The van der Waals surface area contributed by atoms with Crippen molar-refractivity contribution in [1.29, 1.82) is 0 Å². The average molecular weight is 278 g/mol. The van der Waals surface area contributed by atoms with E-state index in [-0.39, 0.29) is 11.6 Å². The fraction of sp³-hybridized carbons (Fsp3) is 1.00. The van der Waals surface area contributed by atoms with Crippen LogP contribution in [0.1, 0.15) is 48.0 Å². The highest BCUT2D eigenvalue weighted by Gasteiger charge is 2.46. The zero-order chi connectivity index (χ0) is 14.0. The molecule has 0 aromatic rings. The molecule has 0 bridgehead atoms. The van der Waals surface area contributed by atoms with E-state index in [1.807, 2.05) is 20.8 Å². The van der Waals surface area contributed by atoms with Gasteiger partial charge in [0.05, 0.1) is 12.7 Å². The summed E-state index contributed by atoms with van der Waals surface area (Å²) >= 11 is 0. The fourth-order valence-electron chi connectivity index (χ4n) is 1.68. The van der Waals surface area contributed by atoms with Crippen LogP contribution in [0, 0.1) is 0 Å². The predicted octanol–water partition coefficient (Wildman–Crippen LogP) is 3.24. The fourth-order valence-corrected chi connectivity index (χ4v) is 4.29. The lowest BCUT2D eigenvalue weighted by atomic mass is 10.3. The van der Waals surface area contributed by atoms with Gasteiger partial charge in [-0.05, 0) is 34.1 Å².